The molecular formula is C14H14BrClFNO3. The third-order valence-corrected chi connectivity index (χ3v) is 3.58. The summed E-state index contributed by atoms with van der Waals surface area (Å²) in [6.45, 7) is 1.73. The molecule has 0 spiro atoms. The van der Waals surface area contributed by atoms with E-state index in [1.54, 1.807) is 21.0 Å². The van der Waals surface area contributed by atoms with Crippen LogP contribution in [0.5, 0.6) is 0 Å². The van der Waals surface area contributed by atoms with E-state index in [9.17, 15) is 14.0 Å². The average molecular weight is 379 g/mol. The van der Waals surface area contributed by atoms with Crippen LogP contribution in [-0.4, -0.2) is 37.4 Å². The first-order valence-corrected chi connectivity index (χ1v) is 7.19. The van der Waals surface area contributed by atoms with Crippen LogP contribution in [0.3, 0.4) is 0 Å². The molecular weight excluding hydrogens is 365 g/mol. The van der Waals surface area contributed by atoms with Crippen LogP contribution in [0.1, 0.15) is 17.3 Å². The maximum atomic E-state index is 13.9. The lowest BCUT2D eigenvalue weighted by Crippen LogP contribution is -2.20. The molecule has 0 aliphatic carbocycles. The van der Waals surface area contributed by atoms with E-state index in [0.29, 0.717) is 4.47 Å². The van der Waals surface area contributed by atoms with Crippen LogP contribution < -0.4 is 0 Å². The summed E-state index contributed by atoms with van der Waals surface area (Å²) in [6, 6.07) is 2.25. The quantitative estimate of drug-likeness (QED) is 0.197. The highest BCUT2D eigenvalue weighted by Crippen LogP contribution is 2.27. The molecule has 0 bridgehead atoms. The van der Waals surface area contributed by atoms with Gasteiger partial charge in [-0.1, -0.05) is 11.6 Å². The molecule has 7 heteroatoms. The SMILES string of the molecule is CCOC(=O)C(=CN(C)C)C(=O)c1cc(Br)c(Cl)cc1F. The zero-order chi connectivity index (χ0) is 16.2. The fourth-order valence-corrected chi connectivity index (χ4v) is 2.01. The number of benzene rings is 1. The highest BCUT2D eigenvalue weighted by atomic mass is 79.9. The van der Waals surface area contributed by atoms with Crippen LogP contribution in [0.2, 0.25) is 5.02 Å². The Morgan fingerprint density at radius 2 is 2.05 bits per heavy atom. The Morgan fingerprint density at radius 3 is 2.57 bits per heavy atom. The maximum absolute atomic E-state index is 13.9. The van der Waals surface area contributed by atoms with Gasteiger partial charge in [-0.05, 0) is 35.0 Å². The first kappa shape index (κ1) is 17.7. The molecule has 0 amide bonds. The highest BCUT2D eigenvalue weighted by Gasteiger charge is 2.25. The van der Waals surface area contributed by atoms with Crippen LogP contribution >= 0.6 is 27.5 Å². The van der Waals surface area contributed by atoms with Crippen LogP contribution in [0.4, 0.5) is 4.39 Å². The second kappa shape index (κ2) is 7.56. The van der Waals surface area contributed by atoms with Gasteiger partial charge in [0, 0.05) is 24.8 Å². The van der Waals surface area contributed by atoms with Gasteiger partial charge < -0.3 is 9.64 Å². The predicted octanol–water partition coefficient (Wildman–Crippen LogP) is 3.43. The second-order valence-corrected chi connectivity index (χ2v) is 5.56. The number of Topliss-reactive ketones (excluding diaryl/α,β-unsaturated/α-hetero) is 1. The van der Waals surface area contributed by atoms with Gasteiger partial charge in [0.05, 0.1) is 17.2 Å². The van der Waals surface area contributed by atoms with Crippen molar-refractivity contribution in [1.29, 1.82) is 0 Å². The molecule has 1 aromatic carbocycles. The maximum Gasteiger partial charge on any atom is 0.343 e. The van der Waals surface area contributed by atoms with E-state index >= 15 is 0 Å². The van der Waals surface area contributed by atoms with Crippen molar-refractivity contribution >= 4 is 39.3 Å². The minimum absolute atomic E-state index is 0.115. The summed E-state index contributed by atoms with van der Waals surface area (Å²) in [4.78, 5) is 25.7. The summed E-state index contributed by atoms with van der Waals surface area (Å²) >= 11 is 8.87. The van der Waals surface area contributed by atoms with Crippen molar-refractivity contribution in [2.24, 2.45) is 0 Å². The molecule has 1 aromatic rings. The smallest absolute Gasteiger partial charge is 0.343 e. The van der Waals surface area contributed by atoms with E-state index in [1.165, 1.54) is 17.2 Å². The number of rotatable bonds is 5. The number of ketones is 1. The minimum Gasteiger partial charge on any atom is -0.462 e. The van der Waals surface area contributed by atoms with Crippen LogP contribution in [0, 0.1) is 5.82 Å². The molecule has 1 rings (SSSR count). The van der Waals surface area contributed by atoms with Crippen LogP contribution in [0.25, 0.3) is 0 Å². The molecule has 0 saturated heterocycles. The summed E-state index contributed by atoms with van der Waals surface area (Å²) in [5.74, 6) is -2.37. The van der Waals surface area contributed by atoms with Gasteiger partial charge in [-0.3, -0.25) is 4.79 Å². The number of esters is 1. The van der Waals surface area contributed by atoms with Gasteiger partial charge in [-0.25, -0.2) is 9.18 Å². The first-order chi connectivity index (χ1) is 9.77. The number of nitrogens with zero attached hydrogens (tertiary/aromatic N) is 1. The predicted molar refractivity (Wildman–Crippen MR) is 81.8 cm³/mol. The largest absolute Gasteiger partial charge is 0.462 e. The fraction of sp³-hybridized carbons (Fsp3) is 0.286. The molecule has 0 N–H and O–H groups in total. The molecule has 0 heterocycles. The van der Waals surface area contributed by atoms with Gasteiger partial charge in [0.15, 0.2) is 0 Å². The zero-order valence-electron chi connectivity index (χ0n) is 11.7. The van der Waals surface area contributed by atoms with E-state index in [2.05, 4.69) is 15.9 Å². The molecule has 114 valence electrons. The normalized spacial score (nSPS) is 11.2. The summed E-state index contributed by atoms with van der Waals surface area (Å²) < 4.78 is 19.1. The summed E-state index contributed by atoms with van der Waals surface area (Å²) in [5, 5.41) is 0.137. The lowest BCUT2D eigenvalue weighted by atomic mass is 10.0. The summed E-state index contributed by atoms with van der Waals surface area (Å²) in [5.41, 5.74) is -0.512. The summed E-state index contributed by atoms with van der Waals surface area (Å²) in [7, 11) is 3.28. The van der Waals surface area contributed by atoms with Crippen molar-refractivity contribution in [2.45, 2.75) is 6.92 Å². The van der Waals surface area contributed by atoms with Gasteiger partial charge in [-0.2, -0.15) is 0 Å². The Hall–Kier alpha value is -1.40. The van der Waals surface area contributed by atoms with Crippen molar-refractivity contribution in [1.82, 2.24) is 4.90 Å². The van der Waals surface area contributed by atoms with E-state index in [0.717, 1.165) is 6.07 Å². The van der Waals surface area contributed by atoms with E-state index in [-0.39, 0.29) is 22.8 Å². The number of ether oxygens (including phenoxy) is 1. The molecule has 0 unspecified atom stereocenters. The Kier molecular flexibility index (Phi) is 6.36. The zero-order valence-corrected chi connectivity index (χ0v) is 14.1. The standard InChI is InChI=1S/C14H14BrClFNO3/c1-4-21-14(20)9(7-18(2)3)13(19)8-5-10(15)11(16)6-12(8)17/h5-7H,4H2,1-3H3. The minimum atomic E-state index is -0.804. The Bertz CT molecular complexity index is 602. The molecule has 0 aliphatic heterocycles. The van der Waals surface area contributed by atoms with Gasteiger partial charge in [0.1, 0.15) is 11.4 Å². The summed E-state index contributed by atoms with van der Waals surface area (Å²) in [6.07, 6.45) is 1.29. The number of hydrogen-bond donors (Lipinski definition) is 0. The molecule has 0 aliphatic rings. The second-order valence-electron chi connectivity index (χ2n) is 4.30. The Balaban J connectivity index is 3.30. The molecule has 0 saturated carbocycles. The monoisotopic (exact) mass is 377 g/mol. The van der Waals surface area contributed by atoms with Crippen molar-refractivity contribution in [3.8, 4) is 0 Å². The lowest BCUT2D eigenvalue weighted by Gasteiger charge is -2.11. The van der Waals surface area contributed by atoms with Crippen LogP contribution in [-0.2, 0) is 9.53 Å². The lowest BCUT2D eigenvalue weighted by molar-refractivity contribution is -0.138. The Labute approximate surface area is 135 Å². The third-order valence-electron chi connectivity index (χ3n) is 2.38. The number of hydrogen-bond acceptors (Lipinski definition) is 4. The van der Waals surface area contributed by atoms with Crippen molar-refractivity contribution < 1.29 is 18.7 Å². The van der Waals surface area contributed by atoms with Crippen molar-refractivity contribution in [3.05, 3.63) is 44.8 Å². The van der Waals surface area contributed by atoms with Crippen molar-refractivity contribution in [3.63, 3.8) is 0 Å². The van der Waals surface area contributed by atoms with Gasteiger partial charge in [-0.15, -0.1) is 0 Å². The van der Waals surface area contributed by atoms with E-state index < -0.39 is 17.6 Å². The molecule has 0 radical (unpaired) electrons. The number of halogens is 3. The third kappa shape index (κ3) is 4.54. The average Bonchev–Trinajstić information content (AvgIpc) is 2.39. The van der Waals surface area contributed by atoms with Gasteiger partial charge >= 0.3 is 5.97 Å². The molecule has 0 fully saturated rings. The van der Waals surface area contributed by atoms with Crippen molar-refractivity contribution in [2.75, 3.05) is 20.7 Å². The van der Waals surface area contributed by atoms with Crippen LogP contribution in [0.15, 0.2) is 28.4 Å². The Morgan fingerprint density at radius 1 is 1.43 bits per heavy atom. The molecule has 0 aromatic heterocycles. The number of carbonyl (C=O) groups excluding carboxylic acids is 2. The fourth-order valence-electron chi connectivity index (χ4n) is 1.51. The van der Waals surface area contributed by atoms with Gasteiger partial charge in [0.25, 0.3) is 0 Å². The highest BCUT2D eigenvalue weighted by molar-refractivity contribution is 9.10. The molecule has 21 heavy (non-hydrogen) atoms. The van der Waals surface area contributed by atoms with Gasteiger partial charge in [0.2, 0.25) is 5.78 Å². The molecule has 4 nitrogen and oxygen atoms in total. The number of carbonyl (C=O) groups is 2. The first-order valence-electron chi connectivity index (χ1n) is 6.02. The van der Waals surface area contributed by atoms with E-state index in [4.69, 9.17) is 16.3 Å². The van der Waals surface area contributed by atoms with E-state index in [1.807, 2.05) is 0 Å². The molecule has 0 atom stereocenters. The topological polar surface area (TPSA) is 46.6 Å².